The van der Waals surface area contributed by atoms with Gasteiger partial charge in [-0.15, -0.1) is 5.10 Å². The number of nitrogens with one attached hydrogen (secondary N) is 2. The zero-order chi connectivity index (χ0) is 109. The number of Topliss-reactive ketones (excluding diaryl/α,β-unsaturated/α-hetero) is 1. The monoisotopic (exact) mass is 2030 g/mol. The van der Waals surface area contributed by atoms with Crippen molar-refractivity contribution in [3.63, 3.8) is 0 Å². The van der Waals surface area contributed by atoms with Gasteiger partial charge in [0, 0.05) is 109 Å². The number of nitrogens with two attached hydrogens (primary N) is 7. The van der Waals surface area contributed by atoms with Gasteiger partial charge in [-0.2, -0.15) is 34.4 Å². The van der Waals surface area contributed by atoms with Gasteiger partial charge in [0.1, 0.15) is 58.6 Å². The van der Waals surface area contributed by atoms with Crippen LogP contribution in [0.4, 0.5) is 50.4 Å². The normalized spacial score (nSPS) is 11.7. The molecular weight excluding hydrogens is 1900 g/mol. The maximum absolute atomic E-state index is 13.5. The van der Waals surface area contributed by atoms with E-state index in [1.807, 2.05) is 129 Å². The number of aromatic amines is 2. The third-order valence-electron chi connectivity index (χ3n) is 23.2. The Bertz CT molecular complexity index is 7550. The number of nitrogens with zero attached hydrogens (tertiary/aromatic N) is 34. The van der Waals surface area contributed by atoms with E-state index in [-0.39, 0.29) is 41.0 Å². The largest absolute Gasteiger partial charge is 0.476 e. The van der Waals surface area contributed by atoms with E-state index in [1.54, 1.807) is 125 Å². The predicted octanol–water partition coefficient (Wildman–Crippen LogP) is 16.5. The van der Waals surface area contributed by atoms with Crippen LogP contribution in [0.5, 0.6) is 5.88 Å². The molecule has 0 spiro atoms. The molecule has 0 bridgehead atoms. The molecule has 0 unspecified atom stereocenters. The molecule has 0 aromatic carbocycles. The van der Waals surface area contributed by atoms with Gasteiger partial charge in [-0.25, -0.2) is 103 Å². The second-order valence-electron chi connectivity index (χ2n) is 38.0. The number of rotatable bonds is 13. The first-order valence-electron chi connectivity index (χ1n) is 48.9. The minimum Gasteiger partial charge on any atom is -0.476 e. The standard InChI is InChI=1S/C11H16N4O.C10H12FN3.C10H13N3.2C9H12N4O.4C9H12N4.C9H11N3O.C7H10N6/c1-5-16-11-9-10(13-8(4)14-11)15(6-12-9)7(2)3;1-6(2)14-5-7(11)9-8(12)3-4-13-10(9)14;1-7(2)9-3-4-10-8(11)5-6-12-13(9)10;1-5(2)13-4-10-7-8(13)11-6(3)12-9(7)14;1-5(2)7-4-10-13-8(7)11-6(3)12-9(13)14;1-6(2)7-5-12-13-8(10)3-4-11-9(7)13;1-6(2)13-5-12-8-7(10)3-4-11-9(8)13;1-6(2)13-4-3-7-8(10)11-5-12-9(7)13;1-6(2)8-5-11-9-7(10)3-4-12-13(8)9;1-6(2)12-5-11-8-7(13)3-4-10-9(8)12;1-4(2)13-7-5(11-12-13)6(8)9-3-10-7/h6-7H,5H2,1-4H3;3-6H,1-2H3,(H2,12,13);3-7H,11H2,1-2H3;2*4-5H,1-3H3,(H,11,12,14);3-6H,10H2,1-2H3;3-6H,1-2H3,(H2,10,11);3-6H,1-2H3,(H2,10,11,12);3-6H,10H2,1-2H3;4-6H,3H2,1-2H3;3-4H,1-2H3,(H2,8,9,10). The number of anilines is 7. The van der Waals surface area contributed by atoms with Gasteiger partial charge in [-0.1, -0.05) is 60.6 Å². The van der Waals surface area contributed by atoms with Gasteiger partial charge in [-0.05, 0) is 197 Å². The van der Waals surface area contributed by atoms with Crippen LogP contribution in [0.15, 0.2) is 163 Å². The van der Waals surface area contributed by atoms with Gasteiger partial charge in [0.25, 0.3) is 5.56 Å². The Labute approximate surface area is 858 Å². The van der Waals surface area contributed by atoms with Crippen molar-refractivity contribution >= 4 is 147 Å². The fraction of sp³-hybridized carbons (Fsp3) is 0.386. The Morgan fingerprint density at radius 3 is 1.57 bits per heavy atom. The lowest BCUT2D eigenvalue weighted by atomic mass is 10.1. The molecule has 149 heavy (non-hydrogen) atoms. The number of H-pyrrole nitrogens is 2. The van der Waals surface area contributed by atoms with Crippen LogP contribution >= 0.6 is 0 Å². The lowest BCUT2D eigenvalue weighted by Gasteiger charge is -2.10. The Morgan fingerprint density at radius 2 is 0.946 bits per heavy atom. The van der Waals surface area contributed by atoms with Gasteiger partial charge < -0.3 is 77.3 Å². The Hall–Kier alpha value is -17.5. The fourth-order valence-corrected chi connectivity index (χ4v) is 15.4. The summed E-state index contributed by atoms with van der Waals surface area (Å²) in [4.78, 5) is 110. The van der Waals surface area contributed by atoms with Gasteiger partial charge in [0.2, 0.25) is 5.88 Å². The van der Waals surface area contributed by atoms with Gasteiger partial charge >= 0.3 is 5.69 Å². The van der Waals surface area contributed by atoms with Gasteiger partial charge in [-0.3, -0.25) is 14.6 Å². The second kappa shape index (κ2) is 48.4. The summed E-state index contributed by atoms with van der Waals surface area (Å²) >= 11 is 0. The summed E-state index contributed by atoms with van der Waals surface area (Å²) in [6.07, 6.45) is 29.0. The lowest BCUT2D eigenvalue weighted by molar-refractivity contribution is 0.0996. The molecule has 21 aromatic heterocycles. The number of imidazole rings is 5. The number of hydrogen-bond donors (Lipinski definition) is 9. The number of carbonyl (C=O) groups excluding carboxylic acids is 1. The SMILES string of the molecule is CC(C)c1ccc2c(N)ccnn12.CC(C)c1cnc2c(N)ccnn12.CC(C)c1cnn2c(N)ccnc12.CC(C)n1cc(F)c2c(N)ccnc21.CC(C)n1ccc2c(N)ncnc21.CC(C)n1cnc2c(N)ccnc21.CC(C)n1cnc2c1N=CCC2=O.CC(C)n1nnc2c(N)ncnc21.CCOc1nc(C)nc2c1ncn2C(C)C.Cc1nc2c(C(C)C)cnn2c(=O)[nH]1.Cc1nc2c(ncn2C(C)C)c(=O)[nH]1. The Balaban J connectivity index is 0.000000145. The minimum absolute atomic E-state index is 0.0596. The zero-order valence-corrected chi connectivity index (χ0v) is 89.0. The zero-order valence-electron chi connectivity index (χ0n) is 89.0. The predicted molar refractivity (Wildman–Crippen MR) is 581 cm³/mol. The fourth-order valence-electron chi connectivity index (χ4n) is 15.4. The number of pyridine rings is 2. The molecular formula is C101H134FN43O4. The van der Waals surface area contributed by atoms with Crippen LogP contribution in [0.1, 0.15) is 282 Å². The number of ketones is 1. The molecule has 784 valence electrons. The summed E-state index contributed by atoms with van der Waals surface area (Å²) in [7, 11) is 0. The quantitative estimate of drug-likeness (QED) is 0.0517. The number of aromatic nitrogens is 35. The van der Waals surface area contributed by atoms with Crippen LogP contribution < -0.4 is 56.1 Å². The van der Waals surface area contributed by atoms with Crippen LogP contribution in [0, 0.1) is 26.6 Å². The highest BCUT2D eigenvalue weighted by molar-refractivity contribution is 6.08. The highest BCUT2D eigenvalue weighted by atomic mass is 19.1. The first kappa shape index (κ1) is 110. The molecule has 22 heterocycles. The molecule has 1 aliphatic rings. The molecule has 21 aromatic rings. The van der Waals surface area contributed by atoms with Gasteiger partial charge in [0.05, 0.1) is 102 Å². The average Bonchev–Trinajstić information content (AvgIpc) is 1.64. The smallest absolute Gasteiger partial charge is 0.349 e. The third kappa shape index (κ3) is 25.3. The highest BCUT2D eigenvalue weighted by Gasteiger charge is 2.24. The number of carbonyl (C=O) groups is 1. The number of halogens is 1. The molecule has 0 fully saturated rings. The first-order valence-corrected chi connectivity index (χ1v) is 48.9. The van der Waals surface area contributed by atoms with Crippen LogP contribution in [0.3, 0.4) is 0 Å². The summed E-state index contributed by atoms with van der Waals surface area (Å²) in [5, 5.41) is 25.8. The molecule has 16 N–H and O–H groups in total. The van der Waals surface area contributed by atoms with Crippen molar-refractivity contribution in [1.29, 1.82) is 0 Å². The van der Waals surface area contributed by atoms with Crippen LogP contribution in [0.2, 0.25) is 0 Å². The first-order chi connectivity index (χ1) is 70.8. The molecule has 0 radical (unpaired) electrons. The van der Waals surface area contributed by atoms with Crippen LogP contribution in [-0.4, -0.2) is 189 Å². The highest BCUT2D eigenvalue weighted by Crippen LogP contribution is 2.32. The maximum atomic E-state index is 13.5. The number of aliphatic imine (C=N–C) groups is 1. The average molecular weight is 2030 g/mol. The lowest BCUT2D eigenvalue weighted by Crippen LogP contribution is -2.19. The van der Waals surface area contributed by atoms with E-state index in [9.17, 15) is 18.8 Å². The van der Waals surface area contributed by atoms with Crippen LogP contribution in [0.25, 0.3) is 89.2 Å². The topological polar surface area (TPSA) is 622 Å². The number of hydrogen-bond acceptors (Lipinski definition) is 34. The van der Waals surface area contributed by atoms with Crippen molar-refractivity contribution in [3.8, 4) is 5.88 Å². The number of nitrogen functional groups attached to an aromatic ring is 7. The van der Waals surface area contributed by atoms with E-state index in [4.69, 9.17) is 44.9 Å². The number of aryl methyl sites for hydroxylation is 3. The molecule has 0 aliphatic carbocycles. The van der Waals surface area contributed by atoms with Crippen molar-refractivity contribution < 1.29 is 13.9 Å². The molecule has 0 saturated carbocycles. The van der Waals surface area contributed by atoms with Crippen molar-refractivity contribution in [1.82, 2.24) is 171 Å². The Morgan fingerprint density at radius 1 is 0.409 bits per heavy atom. The molecule has 0 atom stereocenters. The number of fused-ring (bicyclic) bond motifs is 11. The number of ether oxygens (including phenoxy) is 1. The second-order valence-corrected chi connectivity index (χ2v) is 38.0. The van der Waals surface area contributed by atoms with Crippen LogP contribution in [-0.2, 0) is 0 Å². The van der Waals surface area contributed by atoms with E-state index in [2.05, 4.69) is 233 Å². The summed E-state index contributed by atoms with van der Waals surface area (Å²) in [5.74, 6) is 6.12. The molecule has 22 rings (SSSR count). The molecule has 1 aliphatic heterocycles. The summed E-state index contributed by atoms with van der Waals surface area (Å²) in [5.41, 5.74) is 57.4. The Kier molecular flexibility index (Phi) is 35.8. The van der Waals surface area contributed by atoms with Crippen molar-refractivity contribution in [2.24, 2.45) is 4.99 Å². The van der Waals surface area contributed by atoms with Crippen molar-refractivity contribution in [2.75, 3.05) is 46.7 Å². The van der Waals surface area contributed by atoms with E-state index in [0.29, 0.717) is 169 Å². The molecule has 0 amide bonds. The third-order valence-corrected chi connectivity index (χ3v) is 23.2. The van der Waals surface area contributed by atoms with E-state index < -0.39 is 0 Å². The summed E-state index contributed by atoms with van der Waals surface area (Å²) in [6, 6.07) is 16.8. The summed E-state index contributed by atoms with van der Waals surface area (Å²) in [6.45, 7) is 53.4. The van der Waals surface area contributed by atoms with E-state index in [0.717, 1.165) is 72.7 Å². The molecule has 0 saturated heterocycles. The van der Waals surface area contributed by atoms with Crippen molar-refractivity contribution in [3.05, 3.63) is 221 Å². The maximum Gasteiger partial charge on any atom is 0.349 e. The van der Waals surface area contributed by atoms with Gasteiger partial charge in [0.15, 0.2) is 85.0 Å². The van der Waals surface area contributed by atoms with Crippen molar-refractivity contribution in [2.45, 2.75) is 252 Å². The molecule has 48 heteroatoms. The molecule has 47 nitrogen and oxygen atoms in total. The van der Waals surface area contributed by atoms with E-state index >= 15 is 0 Å². The van der Waals surface area contributed by atoms with E-state index in [1.165, 1.54) is 29.1 Å². The summed E-state index contributed by atoms with van der Waals surface area (Å²) < 4.78 is 39.0. The minimum atomic E-state index is -0.306.